The fourth-order valence-electron chi connectivity index (χ4n) is 2.97. The molecule has 1 aromatic carbocycles. The monoisotopic (exact) mass is 271 g/mol. The Morgan fingerprint density at radius 3 is 2.56 bits per heavy atom. The maximum absolute atomic E-state index is 13.9. The number of nitrogens with two attached hydrogens (primary N) is 1. The van der Waals surface area contributed by atoms with Gasteiger partial charge in [-0.1, -0.05) is 30.9 Å². The molecule has 100 valence electrons. The average molecular weight is 272 g/mol. The molecule has 2 N–H and O–H groups in total. The van der Waals surface area contributed by atoms with Crippen molar-refractivity contribution in [2.75, 3.05) is 13.7 Å². The first-order chi connectivity index (χ1) is 8.63. The number of methoxy groups -OCH3 is 1. The Morgan fingerprint density at radius 2 is 2.00 bits per heavy atom. The Morgan fingerprint density at radius 1 is 1.33 bits per heavy atom. The van der Waals surface area contributed by atoms with E-state index in [0.29, 0.717) is 17.3 Å². The maximum Gasteiger partial charge on any atom is 0.166 e. The summed E-state index contributed by atoms with van der Waals surface area (Å²) in [6.45, 7) is 0.503. The molecule has 4 heteroatoms. The molecular formula is C14H19ClFNO. The van der Waals surface area contributed by atoms with E-state index < -0.39 is 5.82 Å². The summed E-state index contributed by atoms with van der Waals surface area (Å²) in [5.74, 6) is -0.106. The van der Waals surface area contributed by atoms with Crippen LogP contribution in [0.2, 0.25) is 5.02 Å². The Hall–Kier alpha value is -0.800. The Kier molecular flexibility index (Phi) is 4.13. The zero-order valence-electron chi connectivity index (χ0n) is 10.6. The van der Waals surface area contributed by atoms with Gasteiger partial charge in [0.15, 0.2) is 11.6 Å². The highest BCUT2D eigenvalue weighted by atomic mass is 35.5. The highest BCUT2D eigenvalue weighted by molar-refractivity contribution is 6.30. The van der Waals surface area contributed by atoms with Crippen molar-refractivity contribution in [3.8, 4) is 5.75 Å². The smallest absolute Gasteiger partial charge is 0.166 e. The van der Waals surface area contributed by atoms with E-state index in [1.54, 1.807) is 0 Å². The van der Waals surface area contributed by atoms with Gasteiger partial charge in [0.25, 0.3) is 0 Å². The van der Waals surface area contributed by atoms with Crippen LogP contribution in [0.3, 0.4) is 0 Å². The number of halogens is 2. The highest BCUT2D eigenvalue weighted by Gasteiger charge is 2.36. The number of rotatable bonds is 3. The lowest BCUT2D eigenvalue weighted by atomic mass is 9.69. The van der Waals surface area contributed by atoms with E-state index >= 15 is 0 Å². The molecule has 1 fully saturated rings. The Balaban J connectivity index is 2.53. The molecule has 2 rings (SSSR count). The summed E-state index contributed by atoms with van der Waals surface area (Å²) in [7, 11) is 1.49. The highest BCUT2D eigenvalue weighted by Crippen LogP contribution is 2.44. The van der Waals surface area contributed by atoms with Crippen LogP contribution in [-0.2, 0) is 5.41 Å². The second kappa shape index (κ2) is 5.45. The van der Waals surface area contributed by atoms with Crippen LogP contribution in [0.15, 0.2) is 12.1 Å². The number of benzene rings is 1. The van der Waals surface area contributed by atoms with Crippen LogP contribution in [0.1, 0.15) is 37.7 Å². The minimum absolute atomic E-state index is 0.185. The minimum Gasteiger partial charge on any atom is -0.493 e. The molecule has 1 aliphatic carbocycles. The molecule has 2 nitrogen and oxygen atoms in total. The summed E-state index contributed by atoms with van der Waals surface area (Å²) in [4.78, 5) is 0. The van der Waals surface area contributed by atoms with Crippen LogP contribution in [-0.4, -0.2) is 13.7 Å². The third-order valence-electron chi connectivity index (χ3n) is 3.99. The minimum atomic E-state index is -0.404. The van der Waals surface area contributed by atoms with E-state index in [0.717, 1.165) is 31.2 Å². The van der Waals surface area contributed by atoms with Gasteiger partial charge in [0, 0.05) is 22.5 Å². The normalized spacial score (nSPS) is 18.7. The van der Waals surface area contributed by atoms with E-state index in [4.69, 9.17) is 22.1 Å². The van der Waals surface area contributed by atoms with Crippen molar-refractivity contribution in [1.29, 1.82) is 0 Å². The van der Waals surface area contributed by atoms with Crippen LogP contribution in [0, 0.1) is 5.82 Å². The van der Waals surface area contributed by atoms with E-state index in [1.165, 1.54) is 19.6 Å². The molecule has 18 heavy (non-hydrogen) atoms. The molecule has 0 aromatic heterocycles. The van der Waals surface area contributed by atoms with Crippen LogP contribution in [0.5, 0.6) is 5.75 Å². The Bertz CT molecular complexity index is 430. The molecule has 0 amide bonds. The zero-order valence-corrected chi connectivity index (χ0v) is 11.4. The van der Waals surface area contributed by atoms with Gasteiger partial charge in [0.05, 0.1) is 7.11 Å². The summed E-state index contributed by atoms with van der Waals surface area (Å²) in [5, 5.41) is 0.404. The maximum atomic E-state index is 13.9. The quantitative estimate of drug-likeness (QED) is 0.911. The van der Waals surface area contributed by atoms with Gasteiger partial charge in [0.2, 0.25) is 0 Å². The fraction of sp³-hybridized carbons (Fsp3) is 0.571. The fourth-order valence-corrected chi connectivity index (χ4v) is 3.18. The van der Waals surface area contributed by atoms with Crippen molar-refractivity contribution >= 4 is 11.6 Å². The summed E-state index contributed by atoms with van der Waals surface area (Å²) in [5.41, 5.74) is 6.62. The van der Waals surface area contributed by atoms with Gasteiger partial charge in [-0.05, 0) is 25.0 Å². The molecule has 0 radical (unpaired) electrons. The van der Waals surface area contributed by atoms with Gasteiger partial charge >= 0.3 is 0 Å². The van der Waals surface area contributed by atoms with Crippen molar-refractivity contribution in [2.45, 2.75) is 37.5 Å². The number of ether oxygens (including phenoxy) is 1. The third-order valence-corrected chi connectivity index (χ3v) is 4.20. The van der Waals surface area contributed by atoms with Gasteiger partial charge in [-0.25, -0.2) is 4.39 Å². The van der Waals surface area contributed by atoms with Crippen molar-refractivity contribution < 1.29 is 9.13 Å². The van der Waals surface area contributed by atoms with Gasteiger partial charge in [-0.3, -0.25) is 0 Å². The molecule has 0 unspecified atom stereocenters. The molecule has 0 atom stereocenters. The van der Waals surface area contributed by atoms with Crippen LogP contribution in [0.4, 0.5) is 4.39 Å². The van der Waals surface area contributed by atoms with Gasteiger partial charge in [0.1, 0.15) is 0 Å². The summed E-state index contributed by atoms with van der Waals surface area (Å²) >= 11 is 5.98. The lowest BCUT2D eigenvalue weighted by Gasteiger charge is -2.37. The summed E-state index contributed by atoms with van der Waals surface area (Å²) in [6.07, 6.45) is 5.40. The summed E-state index contributed by atoms with van der Waals surface area (Å²) < 4.78 is 19.1. The first-order valence-corrected chi connectivity index (χ1v) is 6.74. The van der Waals surface area contributed by atoms with Crippen molar-refractivity contribution in [3.05, 3.63) is 28.5 Å². The second-order valence-electron chi connectivity index (χ2n) is 5.01. The largest absolute Gasteiger partial charge is 0.493 e. The molecule has 0 saturated heterocycles. The molecule has 0 heterocycles. The predicted molar refractivity (Wildman–Crippen MR) is 71.8 cm³/mol. The standard InChI is InChI=1S/C14H19ClFNO/c1-18-13-11(7-10(15)8-12(13)16)14(9-17)5-3-2-4-6-14/h7-8H,2-6,9,17H2,1H3. The zero-order chi connectivity index (χ0) is 13.2. The molecule has 1 aromatic rings. The van der Waals surface area contributed by atoms with Crippen LogP contribution in [0.25, 0.3) is 0 Å². The first kappa shape index (κ1) is 13.6. The van der Waals surface area contributed by atoms with Crippen LogP contribution >= 0.6 is 11.6 Å². The van der Waals surface area contributed by atoms with E-state index in [9.17, 15) is 4.39 Å². The van der Waals surface area contributed by atoms with E-state index in [1.807, 2.05) is 6.07 Å². The lowest BCUT2D eigenvalue weighted by molar-refractivity contribution is 0.283. The molecule has 0 spiro atoms. The first-order valence-electron chi connectivity index (χ1n) is 6.36. The topological polar surface area (TPSA) is 35.2 Å². The lowest BCUT2D eigenvalue weighted by Crippen LogP contribution is -2.37. The molecule has 0 bridgehead atoms. The Labute approximate surface area is 112 Å². The summed E-state index contributed by atoms with van der Waals surface area (Å²) in [6, 6.07) is 3.10. The molecular weight excluding hydrogens is 253 g/mol. The third kappa shape index (κ3) is 2.34. The van der Waals surface area contributed by atoms with Crippen molar-refractivity contribution in [2.24, 2.45) is 5.73 Å². The van der Waals surface area contributed by atoms with Gasteiger partial charge in [-0.15, -0.1) is 0 Å². The molecule has 0 aliphatic heterocycles. The SMILES string of the molecule is COc1c(F)cc(Cl)cc1C1(CN)CCCCC1. The number of hydrogen-bond donors (Lipinski definition) is 1. The van der Waals surface area contributed by atoms with Crippen molar-refractivity contribution in [3.63, 3.8) is 0 Å². The van der Waals surface area contributed by atoms with Crippen LogP contribution < -0.4 is 10.5 Å². The van der Waals surface area contributed by atoms with E-state index in [-0.39, 0.29) is 5.41 Å². The predicted octanol–water partition coefficient (Wildman–Crippen LogP) is 3.65. The number of hydrogen-bond acceptors (Lipinski definition) is 2. The van der Waals surface area contributed by atoms with Gasteiger partial charge in [-0.2, -0.15) is 0 Å². The van der Waals surface area contributed by atoms with Gasteiger partial charge < -0.3 is 10.5 Å². The average Bonchev–Trinajstić information content (AvgIpc) is 2.38. The molecule has 1 aliphatic rings. The van der Waals surface area contributed by atoms with E-state index in [2.05, 4.69) is 0 Å². The molecule has 1 saturated carbocycles. The second-order valence-corrected chi connectivity index (χ2v) is 5.45. The van der Waals surface area contributed by atoms with Crippen molar-refractivity contribution in [1.82, 2.24) is 0 Å².